The average Bonchev–Trinajstić information content (AvgIpc) is 3.09. The summed E-state index contributed by atoms with van der Waals surface area (Å²) in [6, 6.07) is 9.12. The molecule has 2 aromatic heterocycles. The van der Waals surface area contributed by atoms with Gasteiger partial charge >= 0.3 is 5.97 Å². The molecule has 2 heterocycles. The van der Waals surface area contributed by atoms with Gasteiger partial charge in [0, 0.05) is 5.69 Å². The minimum atomic E-state index is -0.430. The van der Waals surface area contributed by atoms with Crippen molar-refractivity contribution >= 4 is 39.1 Å². The third-order valence-corrected chi connectivity index (χ3v) is 6.50. The Balaban J connectivity index is 1.55. The lowest BCUT2D eigenvalue weighted by atomic mass is 9.98. The predicted octanol–water partition coefficient (Wildman–Crippen LogP) is 3.89. The fraction of sp³-hybridized carbons (Fsp3) is 0.364. The first kappa shape index (κ1) is 20.3. The molecule has 0 bridgehead atoms. The molecule has 1 aromatic carbocycles. The zero-order valence-electron chi connectivity index (χ0n) is 16.7. The van der Waals surface area contributed by atoms with E-state index in [1.54, 1.807) is 19.1 Å². The minimum absolute atomic E-state index is 0.0604. The van der Waals surface area contributed by atoms with Gasteiger partial charge in [0.25, 0.3) is 11.5 Å². The Bertz CT molecular complexity index is 1130. The summed E-state index contributed by atoms with van der Waals surface area (Å²) in [5.41, 5.74) is 0.902. The topological polar surface area (TPSA) is 90.3 Å². The number of carbonyl (C=O) groups excluding carboxylic acids is 2. The second kappa shape index (κ2) is 8.79. The Morgan fingerprint density at radius 3 is 2.67 bits per heavy atom. The number of carbonyl (C=O) groups is 2. The van der Waals surface area contributed by atoms with Crippen LogP contribution in [-0.2, 0) is 16.1 Å². The number of esters is 1. The van der Waals surface area contributed by atoms with Gasteiger partial charge in [0.1, 0.15) is 17.5 Å². The van der Waals surface area contributed by atoms with E-state index in [4.69, 9.17) is 4.74 Å². The quantitative estimate of drug-likeness (QED) is 0.626. The van der Waals surface area contributed by atoms with Gasteiger partial charge in [-0.2, -0.15) is 0 Å². The highest BCUT2D eigenvalue weighted by Gasteiger charge is 2.22. The fourth-order valence-electron chi connectivity index (χ4n) is 3.74. The smallest absolute Gasteiger partial charge is 0.326 e. The van der Waals surface area contributed by atoms with E-state index in [1.165, 1.54) is 28.7 Å². The molecular formula is C22H23N3O4S. The van der Waals surface area contributed by atoms with E-state index < -0.39 is 5.97 Å². The van der Waals surface area contributed by atoms with Crippen LogP contribution in [0.1, 0.15) is 47.3 Å². The van der Waals surface area contributed by atoms with Crippen LogP contribution in [0.3, 0.4) is 0 Å². The Kier molecular flexibility index (Phi) is 5.94. The second-order valence-electron chi connectivity index (χ2n) is 7.48. The van der Waals surface area contributed by atoms with Crippen LogP contribution in [0, 0.1) is 6.92 Å². The summed E-state index contributed by atoms with van der Waals surface area (Å²) < 4.78 is 6.77. The van der Waals surface area contributed by atoms with Crippen LogP contribution in [-0.4, -0.2) is 27.5 Å². The Morgan fingerprint density at radius 1 is 1.20 bits per heavy atom. The highest BCUT2D eigenvalue weighted by molar-refractivity contribution is 7.20. The average molecular weight is 426 g/mol. The largest absolute Gasteiger partial charge is 0.461 e. The number of hydrogen-bond acceptors (Lipinski definition) is 6. The molecule has 4 rings (SSSR count). The number of aryl methyl sites for hydroxylation is 1. The monoisotopic (exact) mass is 425 g/mol. The maximum atomic E-state index is 13.0. The predicted molar refractivity (Wildman–Crippen MR) is 116 cm³/mol. The zero-order chi connectivity index (χ0) is 21.1. The van der Waals surface area contributed by atoms with E-state index in [1.807, 2.05) is 18.2 Å². The van der Waals surface area contributed by atoms with Crippen molar-refractivity contribution < 1.29 is 14.3 Å². The first-order valence-electron chi connectivity index (χ1n) is 10.1. The number of rotatable bonds is 5. The van der Waals surface area contributed by atoms with E-state index in [9.17, 15) is 14.4 Å². The first-order chi connectivity index (χ1) is 14.5. The molecule has 1 fully saturated rings. The summed E-state index contributed by atoms with van der Waals surface area (Å²) in [6.07, 6.45) is 6.34. The number of thiophene rings is 1. The molecule has 0 radical (unpaired) electrons. The number of ether oxygens (including phenoxy) is 1. The van der Waals surface area contributed by atoms with Gasteiger partial charge in [-0.3, -0.25) is 19.0 Å². The number of para-hydroxylation sites is 1. The first-order valence-corrected chi connectivity index (χ1v) is 10.9. The standard InChI is InChI=1S/C22H23N3O4S/c1-14-18-21(30-19(14)20(27)24-15-8-4-2-5-9-15)23-13-25(22(18)28)12-17(26)29-16-10-6-3-7-11-16/h2,4-5,8-9,13,16H,3,6-7,10-12H2,1H3,(H,24,27). The molecule has 0 aliphatic heterocycles. The molecular weight excluding hydrogens is 402 g/mol. The summed E-state index contributed by atoms with van der Waals surface area (Å²) >= 11 is 1.17. The van der Waals surface area contributed by atoms with E-state index in [-0.39, 0.29) is 24.1 Å². The number of nitrogens with zero attached hydrogens (tertiary/aromatic N) is 2. The van der Waals surface area contributed by atoms with Gasteiger partial charge in [0.15, 0.2) is 0 Å². The Labute approximate surface area is 177 Å². The van der Waals surface area contributed by atoms with Crippen LogP contribution in [0.5, 0.6) is 0 Å². The number of aromatic nitrogens is 2. The van der Waals surface area contributed by atoms with Gasteiger partial charge in [-0.1, -0.05) is 24.6 Å². The van der Waals surface area contributed by atoms with Crippen molar-refractivity contribution in [3.8, 4) is 0 Å². The van der Waals surface area contributed by atoms with E-state index in [0.717, 1.165) is 25.7 Å². The third-order valence-electron chi connectivity index (χ3n) is 5.30. The van der Waals surface area contributed by atoms with Crippen LogP contribution in [0.2, 0.25) is 0 Å². The lowest BCUT2D eigenvalue weighted by Gasteiger charge is -2.21. The van der Waals surface area contributed by atoms with Crippen LogP contribution in [0.25, 0.3) is 10.2 Å². The van der Waals surface area contributed by atoms with Crippen LogP contribution in [0.15, 0.2) is 41.5 Å². The number of benzene rings is 1. The molecule has 0 saturated heterocycles. The van der Waals surface area contributed by atoms with Gasteiger partial charge in [0.2, 0.25) is 0 Å². The number of anilines is 1. The Morgan fingerprint density at radius 2 is 1.93 bits per heavy atom. The third kappa shape index (κ3) is 4.28. The lowest BCUT2D eigenvalue weighted by molar-refractivity contribution is -0.151. The number of fused-ring (bicyclic) bond motifs is 1. The molecule has 0 spiro atoms. The van der Waals surface area contributed by atoms with Crippen molar-refractivity contribution in [3.63, 3.8) is 0 Å². The van der Waals surface area contributed by atoms with Crippen molar-refractivity contribution in [1.29, 1.82) is 0 Å². The maximum Gasteiger partial charge on any atom is 0.326 e. The molecule has 30 heavy (non-hydrogen) atoms. The van der Waals surface area contributed by atoms with Gasteiger partial charge in [0.05, 0.1) is 16.6 Å². The molecule has 8 heteroatoms. The minimum Gasteiger partial charge on any atom is -0.461 e. The fourth-order valence-corrected chi connectivity index (χ4v) is 4.78. The summed E-state index contributed by atoms with van der Waals surface area (Å²) in [5.74, 6) is -0.718. The molecule has 1 aliphatic rings. The molecule has 1 N–H and O–H groups in total. The van der Waals surface area contributed by atoms with Crippen molar-refractivity contribution in [3.05, 3.63) is 57.5 Å². The van der Waals surface area contributed by atoms with Crippen LogP contribution < -0.4 is 10.9 Å². The molecule has 1 aliphatic carbocycles. The summed E-state index contributed by atoms with van der Waals surface area (Å²) in [6.45, 7) is 1.55. The summed E-state index contributed by atoms with van der Waals surface area (Å²) in [4.78, 5) is 43.2. The van der Waals surface area contributed by atoms with Gasteiger partial charge in [-0.15, -0.1) is 11.3 Å². The van der Waals surface area contributed by atoms with Crippen molar-refractivity contribution in [2.45, 2.75) is 51.7 Å². The summed E-state index contributed by atoms with van der Waals surface area (Å²) in [5, 5.41) is 3.20. The highest BCUT2D eigenvalue weighted by atomic mass is 32.1. The van der Waals surface area contributed by atoms with Crippen LogP contribution in [0.4, 0.5) is 5.69 Å². The maximum absolute atomic E-state index is 13.0. The summed E-state index contributed by atoms with van der Waals surface area (Å²) in [7, 11) is 0. The van der Waals surface area contributed by atoms with Gasteiger partial charge < -0.3 is 10.1 Å². The molecule has 156 valence electrons. The van der Waals surface area contributed by atoms with Crippen molar-refractivity contribution in [1.82, 2.24) is 9.55 Å². The van der Waals surface area contributed by atoms with Gasteiger partial charge in [-0.25, -0.2) is 4.98 Å². The number of hydrogen-bond donors (Lipinski definition) is 1. The SMILES string of the molecule is Cc1c(C(=O)Nc2ccccc2)sc2ncn(CC(=O)OC3CCCCC3)c(=O)c12. The number of amides is 1. The van der Waals surface area contributed by atoms with Crippen LogP contribution >= 0.6 is 11.3 Å². The lowest BCUT2D eigenvalue weighted by Crippen LogP contribution is -2.29. The highest BCUT2D eigenvalue weighted by Crippen LogP contribution is 2.27. The second-order valence-corrected chi connectivity index (χ2v) is 8.48. The molecule has 1 saturated carbocycles. The van der Waals surface area contributed by atoms with Gasteiger partial charge in [-0.05, 0) is 50.3 Å². The Hall–Kier alpha value is -3.00. The van der Waals surface area contributed by atoms with E-state index in [2.05, 4.69) is 10.3 Å². The number of nitrogens with one attached hydrogen (secondary N) is 1. The molecule has 1 amide bonds. The zero-order valence-corrected chi connectivity index (χ0v) is 17.5. The molecule has 0 atom stereocenters. The molecule has 7 nitrogen and oxygen atoms in total. The molecule has 3 aromatic rings. The van der Waals surface area contributed by atoms with E-state index in [0.29, 0.717) is 26.3 Å². The van der Waals surface area contributed by atoms with E-state index >= 15 is 0 Å². The van der Waals surface area contributed by atoms with Crippen molar-refractivity contribution in [2.75, 3.05) is 5.32 Å². The normalized spacial score (nSPS) is 14.6. The molecule has 0 unspecified atom stereocenters. The van der Waals surface area contributed by atoms with Crippen molar-refractivity contribution in [2.24, 2.45) is 0 Å².